The summed E-state index contributed by atoms with van der Waals surface area (Å²) in [4.78, 5) is 0. The van der Waals surface area contributed by atoms with Crippen LogP contribution in [0.15, 0.2) is 18.2 Å². The molecule has 2 bridgehead atoms. The SMILES string of the molecule is CC(NC(=S)Nc1ccc(Cl)cc1Cl)C1CC2CCC1C2. The third-order valence-corrected chi connectivity index (χ3v) is 5.74. The predicted molar refractivity (Wildman–Crippen MR) is 94.2 cm³/mol. The molecule has 0 aromatic heterocycles. The highest BCUT2D eigenvalue weighted by Gasteiger charge is 2.41. The molecule has 0 radical (unpaired) electrons. The summed E-state index contributed by atoms with van der Waals surface area (Å²) < 4.78 is 0. The van der Waals surface area contributed by atoms with Gasteiger partial charge in [0.1, 0.15) is 0 Å². The minimum absolute atomic E-state index is 0.409. The normalized spacial score (nSPS) is 28.4. The molecule has 4 atom stereocenters. The summed E-state index contributed by atoms with van der Waals surface area (Å²) in [5.74, 6) is 2.60. The van der Waals surface area contributed by atoms with Gasteiger partial charge in [0.2, 0.25) is 0 Å². The summed E-state index contributed by atoms with van der Waals surface area (Å²) in [6.45, 7) is 2.24. The van der Waals surface area contributed by atoms with E-state index in [1.807, 2.05) is 6.07 Å². The van der Waals surface area contributed by atoms with Gasteiger partial charge in [-0.25, -0.2) is 0 Å². The lowest BCUT2D eigenvalue weighted by atomic mass is 9.84. The van der Waals surface area contributed by atoms with Crippen LogP contribution < -0.4 is 10.6 Å². The van der Waals surface area contributed by atoms with Crippen molar-refractivity contribution in [3.05, 3.63) is 28.2 Å². The van der Waals surface area contributed by atoms with Crippen LogP contribution in [0.4, 0.5) is 5.69 Å². The molecule has 4 unspecified atom stereocenters. The maximum atomic E-state index is 6.15. The van der Waals surface area contributed by atoms with Gasteiger partial charge < -0.3 is 10.6 Å². The first-order valence-electron chi connectivity index (χ1n) is 7.55. The number of fused-ring (bicyclic) bond motifs is 2. The highest BCUT2D eigenvalue weighted by Crippen LogP contribution is 2.49. The zero-order valence-electron chi connectivity index (χ0n) is 12.0. The zero-order chi connectivity index (χ0) is 15.0. The Bertz CT molecular complexity index is 549. The molecule has 0 amide bonds. The molecule has 2 saturated carbocycles. The van der Waals surface area contributed by atoms with Crippen molar-refractivity contribution in [2.24, 2.45) is 17.8 Å². The fraction of sp³-hybridized carbons (Fsp3) is 0.562. The Balaban J connectivity index is 1.56. The molecule has 2 nitrogen and oxygen atoms in total. The highest BCUT2D eigenvalue weighted by molar-refractivity contribution is 7.80. The molecule has 0 saturated heterocycles. The number of thiocarbonyl (C=S) groups is 1. The van der Waals surface area contributed by atoms with Gasteiger partial charge in [0, 0.05) is 11.1 Å². The molecule has 2 fully saturated rings. The van der Waals surface area contributed by atoms with E-state index in [1.165, 1.54) is 25.7 Å². The summed E-state index contributed by atoms with van der Waals surface area (Å²) in [6, 6.07) is 5.78. The molecule has 2 N–H and O–H groups in total. The molecule has 0 spiro atoms. The fourth-order valence-corrected chi connectivity index (χ4v) is 4.72. The number of hydrogen-bond acceptors (Lipinski definition) is 1. The number of nitrogens with one attached hydrogen (secondary N) is 2. The van der Waals surface area contributed by atoms with Crippen LogP contribution in [0.25, 0.3) is 0 Å². The quantitative estimate of drug-likeness (QED) is 0.746. The summed E-state index contributed by atoms with van der Waals surface area (Å²) in [7, 11) is 0. The number of anilines is 1. The third-order valence-electron chi connectivity index (χ3n) is 4.97. The van der Waals surface area contributed by atoms with Gasteiger partial charge in [-0.15, -0.1) is 0 Å². The van der Waals surface area contributed by atoms with Crippen LogP contribution in [0.3, 0.4) is 0 Å². The Morgan fingerprint density at radius 2 is 2.10 bits per heavy atom. The largest absolute Gasteiger partial charge is 0.360 e. The second-order valence-corrected chi connectivity index (χ2v) is 7.60. The van der Waals surface area contributed by atoms with Gasteiger partial charge in [-0.1, -0.05) is 29.6 Å². The summed E-state index contributed by atoms with van der Waals surface area (Å²) in [5.41, 5.74) is 0.790. The van der Waals surface area contributed by atoms with Crippen molar-refractivity contribution in [3.8, 4) is 0 Å². The molecule has 1 aromatic rings. The van der Waals surface area contributed by atoms with Crippen molar-refractivity contribution in [3.63, 3.8) is 0 Å². The van der Waals surface area contributed by atoms with Crippen LogP contribution in [-0.4, -0.2) is 11.2 Å². The average molecular weight is 343 g/mol. The minimum Gasteiger partial charge on any atom is -0.360 e. The lowest BCUT2D eigenvalue weighted by Crippen LogP contribution is -2.42. The van der Waals surface area contributed by atoms with Gasteiger partial charge in [0.15, 0.2) is 5.11 Å². The molecule has 0 heterocycles. The maximum absolute atomic E-state index is 6.15. The maximum Gasteiger partial charge on any atom is 0.171 e. The van der Waals surface area contributed by atoms with Crippen molar-refractivity contribution in [2.75, 3.05) is 5.32 Å². The van der Waals surface area contributed by atoms with Crippen molar-refractivity contribution in [1.82, 2.24) is 5.32 Å². The number of halogens is 2. The molecule has 2 aliphatic rings. The lowest BCUT2D eigenvalue weighted by Gasteiger charge is -2.29. The van der Waals surface area contributed by atoms with Crippen LogP contribution >= 0.6 is 35.4 Å². The minimum atomic E-state index is 0.409. The third kappa shape index (κ3) is 3.46. The van der Waals surface area contributed by atoms with E-state index in [0.29, 0.717) is 21.2 Å². The summed E-state index contributed by atoms with van der Waals surface area (Å²) in [5, 5.41) is 8.43. The molecular formula is C16H20Cl2N2S. The molecular weight excluding hydrogens is 323 g/mol. The van der Waals surface area contributed by atoms with E-state index in [4.69, 9.17) is 35.4 Å². The van der Waals surface area contributed by atoms with Crippen molar-refractivity contribution in [1.29, 1.82) is 0 Å². The van der Waals surface area contributed by atoms with E-state index in [0.717, 1.165) is 23.4 Å². The predicted octanol–water partition coefficient (Wildman–Crippen LogP) is 5.10. The van der Waals surface area contributed by atoms with Crippen molar-refractivity contribution < 1.29 is 0 Å². The molecule has 21 heavy (non-hydrogen) atoms. The fourth-order valence-electron chi connectivity index (χ4n) is 3.97. The van der Waals surface area contributed by atoms with Crippen LogP contribution in [0.1, 0.15) is 32.6 Å². The van der Waals surface area contributed by atoms with E-state index < -0.39 is 0 Å². The van der Waals surface area contributed by atoms with Crippen LogP contribution in [-0.2, 0) is 0 Å². The first-order valence-corrected chi connectivity index (χ1v) is 8.72. The van der Waals surface area contributed by atoms with E-state index in [-0.39, 0.29) is 0 Å². The van der Waals surface area contributed by atoms with Crippen molar-refractivity contribution in [2.45, 2.75) is 38.6 Å². The van der Waals surface area contributed by atoms with E-state index in [1.54, 1.807) is 12.1 Å². The molecule has 0 aliphatic heterocycles. The molecule has 1 aromatic carbocycles. The molecule has 3 rings (SSSR count). The van der Waals surface area contributed by atoms with Gasteiger partial charge in [-0.2, -0.15) is 0 Å². The van der Waals surface area contributed by atoms with Gasteiger partial charge in [0.05, 0.1) is 10.7 Å². The van der Waals surface area contributed by atoms with Crippen LogP contribution in [0.5, 0.6) is 0 Å². The Morgan fingerprint density at radius 3 is 2.71 bits per heavy atom. The molecule has 2 aliphatic carbocycles. The van der Waals surface area contributed by atoms with E-state index >= 15 is 0 Å². The zero-order valence-corrected chi connectivity index (χ0v) is 14.4. The molecule has 5 heteroatoms. The van der Waals surface area contributed by atoms with Gasteiger partial charge in [0.25, 0.3) is 0 Å². The monoisotopic (exact) mass is 342 g/mol. The Kier molecular flexibility index (Phi) is 4.63. The average Bonchev–Trinajstić information content (AvgIpc) is 3.04. The van der Waals surface area contributed by atoms with Crippen LogP contribution in [0, 0.1) is 17.8 Å². The van der Waals surface area contributed by atoms with Crippen molar-refractivity contribution >= 4 is 46.2 Å². The Morgan fingerprint density at radius 1 is 1.29 bits per heavy atom. The van der Waals surface area contributed by atoms with Crippen LogP contribution in [0.2, 0.25) is 10.0 Å². The Labute approximate surface area is 141 Å². The second kappa shape index (κ2) is 6.31. The standard InChI is InChI=1S/C16H20Cl2N2S/c1-9(13-7-10-2-3-11(13)6-10)19-16(21)20-15-5-4-12(17)8-14(15)18/h4-5,8-11,13H,2-3,6-7H2,1H3,(H2,19,20,21). The number of benzene rings is 1. The summed E-state index contributed by atoms with van der Waals surface area (Å²) >= 11 is 17.5. The van der Waals surface area contributed by atoms with Gasteiger partial charge in [-0.3, -0.25) is 0 Å². The Hall–Kier alpha value is -0.510. The smallest absolute Gasteiger partial charge is 0.171 e. The van der Waals surface area contributed by atoms with E-state index in [2.05, 4.69) is 17.6 Å². The molecule has 114 valence electrons. The second-order valence-electron chi connectivity index (χ2n) is 6.35. The lowest BCUT2D eigenvalue weighted by molar-refractivity contribution is 0.279. The van der Waals surface area contributed by atoms with E-state index in [9.17, 15) is 0 Å². The number of rotatable bonds is 3. The van der Waals surface area contributed by atoms with Gasteiger partial charge in [-0.05, 0) is 74.4 Å². The van der Waals surface area contributed by atoms with Gasteiger partial charge >= 0.3 is 0 Å². The first kappa shape index (κ1) is 15.4. The first-order chi connectivity index (χ1) is 10.0. The highest BCUT2D eigenvalue weighted by atomic mass is 35.5. The topological polar surface area (TPSA) is 24.1 Å². The number of hydrogen-bond donors (Lipinski definition) is 2. The summed E-state index contributed by atoms with van der Waals surface area (Å²) in [6.07, 6.45) is 5.59.